The molecule has 2 fully saturated rings. The Morgan fingerprint density at radius 3 is 2.76 bits per heavy atom. The lowest BCUT2D eigenvalue weighted by atomic mass is 10.2. The highest BCUT2D eigenvalue weighted by Crippen LogP contribution is 2.26. The summed E-state index contributed by atoms with van der Waals surface area (Å²) in [6, 6.07) is 1.29. The monoisotopic (exact) mass is 350 g/mol. The van der Waals surface area contributed by atoms with Crippen molar-refractivity contribution in [2.75, 3.05) is 31.6 Å². The maximum absolute atomic E-state index is 14.6. The molecule has 7 heteroatoms. The highest BCUT2D eigenvalue weighted by Gasteiger charge is 2.23. The van der Waals surface area contributed by atoms with Crippen LogP contribution >= 0.6 is 0 Å². The SMILES string of the molecule is COc1nc(N2CCCCCC2)c(F)cc1CNC(=O)C1CCCN1. The van der Waals surface area contributed by atoms with E-state index in [-0.39, 0.29) is 24.3 Å². The van der Waals surface area contributed by atoms with Gasteiger partial charge in [-0.15, -0.1) is 0 Å². The molecule has 6 nitrogen and oxygen atoms in total. The number of aromatic nitrogens is 1. The molecule has 0 spiro atoms. The summed E-state index contributed by atoms with van der Waals surface area (Å²) in [6.45, 7) is 2.71. The smallest absolute Gasteiger partial charge is 0.237 e. The third-order valence-corrected chi connectivity index (χ3v) is 4.93. The van der Waals surface area contributed by atoms with Crippen LogP contribution in [0.25, 0.3) is 0 Å². The van der Waals surface area contributed by atoms with Crippen molar-refractivity contribution in [2.24, 2.45) is 0 Å². The maximum Gasteiger partial charge on any atom is 0.237 e. The quantitative estimate of drug-likeness (QED) is 0.850. The predicted octanol–water partition coefficient (Wildman–Crippen LogP) is 1.98. The second-order valence-corrected chi connectivity index (χ2v) is 6.73. The molecule has 0 bridgehead atoms. The van der Waals surface area contributed by atoms with Crippen LogP contribution in [-0.2, 0) is 11.3 Å². The van der Waals surface area contributed by atoms with Crippen molar-refractivity contribution in [1.29, 1.82) is 0 Å². The van der Waals surface area contributed by atoms with Gasteiger partial charge in [0.2, 0.25) is 11.8 Å². The average Bonchev–Trinajstić information content (AvgIpc) is 3.03. The Hall–Kier alpha value is -1.89. The fraction of sp³-hybridized carbons (Fsp3) is 0.667. The summed E-state index contributed by atoms with van der Waals surface area (Å²) < 4.78 is 20.0. The van der Waals surface area contributed by atoms with Crippen LogP contribution in [0, 0.1) is 5.82 Å². The fourth-order valence-corrected chi connectivity index (χ4v) is 3.52. The van der Waals surface area contributed by atoms with Gasteiger partial charge in [-0.05, 0) is 38.3 Å². The Kier molecular flexibility index (Phi) is 6.07. The number of pyridine rings is 1. The number of carbonyl (C=O) groups excluding carboxylic acids is 1. The van der Waals surface area contributed by atoms with Crippen molar-refractivity contribution >= 4 is 11.7 Å². The number of hydrogen-bond donors (Lipinski definition) is 2. The van der Waals surface area contributed by atoms with Gasteiger partial charge in [-0.3, -0.25) is 4.79 Å². The molecular weight excluding hydrogens is 323 g/mol. The first-order valence-electron chi connectivity index (χ1n) is 9.18. The first-order chi connectivity index (χ1) is 12.2. The van der Waals surface area contributed by atoms with Crippen molar-refractivity contribution in [3.05, 3.63) is 17.4 Å². The molecular formula is C18H27FN4O2. The van der Waals surface area contributed by atoms with E-state index in [4.69, 9.17) is 4.74 Å². The molecule has 1 atom stereocenters. The van der Waals surface area contributed by atoms with Gasteiger partial charge in [0.15, 0.2) is 11.6 Å². The van der Waals surface area contributed by atoms with Gasteiger partial charge in [0.05, 0.1) is 13.2 Å². The van der Waals surface area contributed by atoms with Crippen molar-refractivity contribution in [3.8, 4) is 5.88 Å². The average molecular weight is 350 g/mol. The van der Waals surface area contributed by atoms with Crippen LogP contribution < -0.4 is 20.3 Å². The lowest BCUT2D eigenvalue weighted by Crippen LogP contribution is -2.40. The summed E-state index contributed by atoms with van der Waals surface area (Å²) in [5.41, 5.74) is 0.560. The molecule has 25 heavy (non-hydrogen) atoms. The number of methoxy groups -OCH3 is 1. The van der Waals surface area contributed by atoms with E-state index in [9.17, 15) is 9.18 Å². The molecule has 1 aromatic rings. The molecule has 0 saturated carbocycles. The van der Waals surface area contributed by atoms with Gasteiger partial charge in [0, 0.05) is 25.2 Å². The van der Waals surface area contributed by atoms with E-state index in [1.807, 2.05) is 4.90 Å². The standard InChI is InChI=1S/C18H27FN4O2/c1-25-18-13(12-21-17(24)15-7-6-8-20-15)11-14(19)16(22-18)23-9-4-2-3-5-10-23/h11,15,20H,2-10,12H2,1H3,(H,21,24). The molecule has 138 valence electrons. The van der Waals surface area contributed by atoms with Crippen LogP contribution in [0.4, 0.5) is 10.2 Å². The van der Waals surface area contributed by atoms with Gasteiger partial charge in [-0.2, -0.15) is 4.98 Å². The van der Waals surface area contributed by atoms with Crippen LogP contribution in [0.2, 0.25) is 0 Å². The summed E-state index contributed by atoms with van der Waals surface area (Å²) >= 11 is 0. The van der Waals surface area contributed by atoms with Gasteiger partial charge < -0.3 is 20.3 Å². The Morgan fingerprint density at radius 2 is 2.12 bits per heavy atom. The first kappa shape index (κ1) is 17.9. The third-order valence-electron chi connectivity index (χ3n) is 4.93. The number of halogens is 1. The predicted molar refractivity (Wildman–Crippen MR) is 94.3 cm³/mol. The van der Waals surface area contributed by atoms with E-state index in [0.29, 0.717) is 17.3 Å². The highest BCUT2D eigenvalue weighted by atomic mass is 19.1. The Morgan fingerprint density at radius 1 is 1.36 bits per heavy atom. The van der Waals surface area contributed by atoms with Gasteiger partial charge in [0.1, 0.15) is 0 Å². The Labute approximate surface area is 148 Å². The minimum atomic E-state index is -0.356. The molecule has 0 radical (unpaired) electrons. The van der Waals surface area contributed by atoms with Crippen molar-refractivity contribution in [1.82, 2.24) is 15.6 Å². The lowest BCUT2D eigenvalue weighted by molar-refractivity contribution is -0.122. The number of carbonyl (C=O) groups is 1. The number of nitrogens with zero attached hydrogens (tertiary/aromatic N) is 2. The van der Waals surface area contributed by atoms with Gasteiger partial charge in [0.25, 0.3) is 0 Å². The minimum absolute atomic E-state index is 0.0587. The molecule has 2 aliphatic heterocycles. The first-order valence-corrected chi connectivity index (χ1v) is 9.18. The minimum Gasteiger partial charge on any atom is -0.481 e. The number of ether oxygens (including phenoxy) is 1. The second kappa shape index (κ2) is 8.47. The number of anilines is 1. The summed E-state index contributed by atoms with van der Waals surface area (Å²) in [6.07, 6.45) is 6.29. The molecule has 0 aliphatic carbocycles. The molecule has 1 unspecified atom stereocenters. The molecule has 1 aromatic heterocycles. The van der Waals surface area contributed by atoms with E-state index in [1.54, 1.807) is 0 Å². The molecule has 0 aromatic carbocycles. The highest BCUT2D eigenvalue weighted by molar-refractivity contribution is 5.82. The molecule has 2 aliphatic rings. The van der Waals surface area contributed by atoms with E-state index < -0.39 is 0 Å². The van der Waals surface area contributed by atoms with E-state index in [2.05, 4.69) is 15.6 Å². The number of amides is 1. The van der Waals surface area contributed by atoms with Crippen LogP contribution in [0.3, 0.4) is 0 Å². The maximum atomic E-state index is 14.6. The van der Waals surface area contributed by atoms with Crippen LogP contribution in [0.15, 0.2) is 6.07 Å². The summed E-state index contributed by atoms with van der Waals surface area (Å²) in [5, 5.41) is 6.00. The van der Waals surface area contributed by atoms with E-state index in [1.165, 1.54) is 26.0 Å². The normalized spacial score (nSPS) is 21.0. The fourth-order valence-electron chi connectivity index (χ4n) is 3.52. The molecule has 2 saturated heterocycles. The van der Waals surface area contributed by atoms with Crippen molar-refractivity contribution in [2.45, 2.75) is 51.1 Å². The van der Waals surface area contributed by atoms with Crippen LogP contribution in [0.5, 0.6) is 5.88 Å². The molecule has 3 heterocycles. The summed E-state index contributed by atoms with van der Waals surface area (Å²) in [5.74, 6) is 0.314. The zero-order valence-corrected chi connectivity index (χ0v) is 14.8. The molecule has 1 amide bonds. The van der Waals surface area contributed by atoms with E-state index >= 15 is 0 Å². The Balaban J connectivity index is 1.71. The van der Waals surface area contributed by atoms with Gasteiger partial charge in [-0.1, -0.05) is 12.8 Å². The van der Waals surface area contributed by atoms with Gasteiger partial charge in [-0.25, -0.2) is 4.39 Å². The van der Waals surface area contributed by atoms with Crippen molar-refractivity contribution < 1.29 is 13.9 Å². The second-order valence-electron chi connectivity index (χ2n) is 6.73. The summed E-state index contributed by atoms with van der Waals surface area (Å²) in [4.78, 5) is 18.5. The largest absolute Gasteiger partial charge is 0.481 e. The third kappa shape index (κ3) is 4.39. The van der Waals surface area contributed by atoms with Crippen LogP contribution in [-0.4, -0.2) is 43.7 Å². The molecule has 2 N–H and O–H groups in total. The molecule has 3 rings (SSSR count). The summed E-state index contributed by atoms with van der Waals surface area (Å²) in [7, 11) is 1.52. The van der Waals surface area contributed by atoms with Crippen molar-refractivity contribution in [3.63, 3.8) is 0 Å². The number of hydrogen-bond acceptors (Lipinski definition) is 5. The Bertz CT molecular complexity index is 597. The van der Waals surface area contributed by atoms with Crippen LogP contribution in [0.1, 0.15) is 44.1 Å². The van der Waals surface area contributed by atoms with Gasteiger partial charge >= 0.3 is 0 Å². The number of nitrogens with one attached hydrogen (secondary N) is 2. The number of rotatable bonds is 5. The van der Waals surface area contributed by atoms with E-state index in [0.717, 1.165) is 45.3 Å². The lowest BCUT2D eigenvalue weighted by Gasteiger charge is -2.23. The zero-order chi connectivity index (χ0) is 17.6. The zero-order valence-electron chi connectivity index (χ0n) is 14.8. The topological polar surface area (TPSA) is 66.5 Å².